The molecule has 2 rings (SSSR count). The summed E-state index contributed by atoms with van der Waals surface area (Å²) in [5.41, 5.74) is -10.7. The van der Waals surface area contributed by atoms with E-state index in [-0.39, 0.29) is 24.3 Å². The topological polar surface area (TPSA) is 197 Å². The van der Waals surface area contributed by atoms with Crippen molar-refractivity contribution >= 4 is 34.1 Å². The number of alkyl halides is 6. The summed E-state index contributed by atoms with van der Waals surface area (Å²) in [6.07, 6.45) is -10.3. The second-order valence-corrected chi connectivity index (χ2v) is 6.66. The van der Waals surface area contributed by atoms with Crippen molar-refractivity contribution in [2.75, 3.05) is 23.7 Å². The molecule has 0 saturated carbocycles. The zero-order chi connectivity index (χ0) is 27.6. The lowest BCUT2D eigenvalue weighted by Gasteiger charge is -2.13. The van der Waals surface area contributed by atoms with Gasteiger partial charge in [0.05, 0.1) is 30.8 Å². The monoisotopic (exact) mass is 528 g/mol. The molecule has 0 amide bonds. The van der Waals surface area contributed by atoms with Crippen LogP contribution in [-0.4, -0.2) is 32.8 Å². The molecule has 36 heavy (non-hydrogen) atoms. The summed E-state index contributed by atoms with van der Waals surface area (Å²) >= 11 is 0. The Hall–Kier alpha value is -4.78. The van der Waals surface area contributed by atoms with Gasteiger partial charge in [-0.25, -0.2) is 0 Å². The minimum absolute atomic E-state index is 0.0221. The van der Waals surface area contributed by atoms with Gasteiger partial charge >= 0.3 is 12.4 Å². The van der Waals surface area contributed by atoms with Gasteiger partial charge in [0, 0.05) is 37.4 Å². The molecule has 2 aromatic carbocycles. The second-order valence-electron chi connectivity index (χ2n) is 6.66. The predicted octanol–water partition coefficient (Wildman–Crippen LogP) is 4.88. The fourth-order valence-electron chi connectivity index (χ4n) is 2.86. The minimum Gasteiger partial charge on any atom is -0.372 e. The molecule has 0 fully saturated rings. The van der Waals surface area contributed by atoms with Crippen molar-refractivity contribution in [1.82, 2.24) is 0 Å². The van der Waals surface area contributed by atoms with Crippen molar-refractivity contribution in [1.29, 1.82) is 0 Å². The number of hydrogen-bond acceptors (Lipinski definition) is 10. The first-order valence-corrected chi connectivity index (χ1v) is 9.01. The maximum Gasteiger partial charge on any atom is 0.416 e. The Morgan fingerprint density at radius 3 is 0.944 bits per heavy atom. The average molecular weight is 528 g/mol. The van der Waals surface area contributed by atoms with E-state index >= 15 is 0 Å². The van der Waals surface area contributed by atoms with Crippen molar-refractivity contribution in [2.24, 2.45) is 0 Å². The minimum atomic E-state index is -5.17. The molecule has 2 aromatic rings. The number of nitrogens with zero attached hydrogens (tertiary/aromatic N) is 4. The van der Waals surface area contributed by atoms with E-state index in [2.05, 4.69) is 10.6 Å². The van der Waals surface area contributed by atoms with Crippen molar-refractivity contribution in [2.45, 2.75) is 12.4 Å². The van der Waals surface area contributed by atoms with E-state index in [1.807, 2.05) is 0 Å². The molecular formula is C16H10F6N6O8. The van der Waals surface area contributed by atoms with Crippen LogP contribution in [0.25, 0.3) is 0 Å². The van der Waals surface area contributed by atoms with Crippen LogP contribution >= 0.6 is 0 Å². The summed E-state index contributed by atoms with van der Waals surface area (Å²) in [5, 5.41) is 49.0. The number of hydrogen-bond donors (Lipinski definition) is 2. The molecule has 0 radical (unpaired) electrons. The van der Waals surface area contributed by atoms with Crippen LogP contribution in [0.2, 0.25) is 0 Å². The lowest BCUT2D eigenvalue weighted by Crippen LogP contribution is -2.18. The molecule has 0 unspecified atom stereocenters. The molecule has 0 spiro atoms. The number of anilines is 2. The number of nitro benzene ring substituents is 4. The third kappa shape index (κ3) is 6.01. The largest absolute Gasteiger partial charge is 0.416 e. The van der Waals surface area contributed by atoms with E-state index in [4.69, 9.17) is 0 Å². The first-order chi connectivity index (χ1) is 16.4. The Morgan fingerprint density at radius 2 is 0.778 bits per heavy atom. The highest BCUT2D eigenvalue weighted by Gasteiger charge is 2.39. The van der Waals surface area contributed by atoms with Gasteiger partial charge in [0.15, 0.2) is 11.4 Å². The van der Waals surface area contributed by atoms with Crippen LogP contribution in [0.4, 0.5) is 60.5 Å². The normalized spacial score (nSPS) is 11.6. The molecule has 0 atom stereocenters. The summed E-state index contributed by atoms with van der Waals surface area (Å²) in [4.78, 5) is 39.4. The fourth-order valence-corrected chi connectivity index (χ4v) is 2.86. The van der Waals surface area contributed by atoms with Gasteiger partial charge in [-0.15, -0.1) is 0 Å². The Balaban J connectivity index is 2.41. The Morgan fingerprint density at radius 1 is 0.556 bits per heavy atom. The van der Waals surface area contributed by atoms with Crippen LogP contribution in [0.15, 0.2) is 24.3 Å². The third-order valence-corrected chi connectivity index (χ3v) is 4.36. The molecule has 0 aliphatic rings. The maximum atomic E-state index is 13.0. The van der Waals surface area contributed by atoms with Gasteiger partial charge in [-0.05, 0) is 0 Å². The molecule has 194 valence electrons. The van der Waals surface area contributed by atoms with Crippen molar-refractivity contribution in [3.8, 4) is 0 Å². The highest BCUT2D eigenvalue weighted by atomic mass is 19.4. The fraction of sp³-hybridized carbons (Fsp3) is 0.250. The predicted molar refractivity (Wildman–Crippen MR) is 106 cm³/mol. The van der Waals surface area contributed by atoms with E-state index in [1.165, 1.54) is 0 Å². The standard InChI is InChI=1S/C16H10F6N6O8/c17-15(18,19)7-3-9(25(29)30)13(10(4-7)26(31)32)23-1-2-24-14-11(27(33)34)5-8(16(20,21)22)6-12(14)28(35)36/h3-6,23-24H,1-2H2. The summed E-state index contributed by atoms with van der Waals surface area (Å²) in [6.45, 7) is -1.33. The van der Waals surface area contributed by atoms with Crippen molar-refractivity contribution in [3.05, 3.63) is 75.8 Å². The molecule has 2 N–H and O–H groups in total. The summed E-state index contributed by atoms with van der Waals surface area (Å²) < 4.78 is 77.7. The summed E-state index contributed by atoms with van der Waals surface area (Å²) in [7, 11) is 0. The number of rotatable bonds is 9. The van der Waals surface area contributed by atoms with Gasteiger partial charge in [-0.1, -0.05) is 0 Å². The number of halogens is 6. The first-order valence-electron chi connectivity index (χ1n) is 9.01. The van der Waals surface area contributed by atoms with Gasteiger partial charge in [0.1, 0.15) is 0 Å². The molecule has 0 aliphatic carbocycles. The zero-order valence-corrected chi connectivity index (χ0v) is 17.0. The van der Waals surface area contributed by atoms with Gasteiger partial charge < -0.3 is 10.6 Å². The van der Waals surface area contributed by atoms with E-state index in [0.29, 0.717) is 0 Å². The van der Waals surface area contributed by atoms with E-state index < -0.39 is 90.4 Å². The lowest BCUT2D eigenvalue weighted by atomic mass is 10.1. The van der Waals surface area contributed by atoms with Crippen LogP contribution in [0.1, 0.15) is 11.1 Å². The molecule has 20 heteroatoms. The SMILES string of the molecule is O=[N+]([O-])c1cc(C(F)(F)F)cc([N+](=O)[O-])c1NCCNc1c([N+](=O)[O-])cc(C(F)(F)F)cc1[N+](=O)[O-]. The first kappa shape index (κ1) is 27.5. The molecule has 0 aliphatic heterocycles. The maximum absolute atomic E-state index is 13.0. The molecular weight excluding hydrogens is 518 g/mol. The third-order valence-electron chi connectivity index (χ3n) is 4.36. The molecule has 0 heterocycles. The quantitative estimate of drug-likeness (QED) is 0.196. The van der Waals surface area contributed by atoms with Crippen LogP contribution < -0.4 is 10.6 Å². The number of nitrogens with one attached hydrogen (secondary N) is 2. The van der Waals surface area contributed by atoms with Crippen molar-refractivity contribution in [3.63, 3.8) is 0 Å². The highest BCUT2D eigenvalue weighted by Crippen LogP contribution is 2.42. The van der Waals surface area contributed by atoms with Crippen LogP contribution in [0, 0.1) is 40.5 Å². The van der Waals surface area contributed by atoms with Gasteiger partial charge in [0.25, 0.3) is 22.7 Å². The highest BCUT2D eigenvalue weighted by molar-refractivity contribution is 5.76. The number of nitro groups is 4. The Bertz CT molecular complexity index is 1080. The van der Waals surface area contributed by atoms with Gasteiger partial charge in [0.2, 0.25) is 0 Å². The Kier molecular flexibility index (Phi) is 7.50. The lowest BCUT2D eigenvalue weighted by molar-refractivity contribution is -0.393. The van der Waals surface area contributed by atoms with E-state index in [0.717, 1.165) is 0 Å². The molecule has 0 saturated heterocycles. The number of benzene rings is 2. The molecule has 0 aromatic heterocycles. The van der Waals surface area contributed by atoms with Crippen LogP contribution in [-0.2, 0) is 12.4 Å². The summed E-state index contributed by atoms with van der Waals surface area (Å²) in [5.74, 6) is 0. The van der Waals surface area contributed by atoms with E-state index in [9.17, 15) is 66.8 Å². The van der Waals surface area contributed by atoms with E-state index in [1.54, 1.807) is 0 Å². The van der Waals surface area contributed by atoms with Gasteiger partial charge in [-0.3, -0.25) is 40.5 Å². The van der Waals surface area contributed by atoms with Crippen LogP contribution in [0.5, 0.6) is 0 Å². The average Bonchev–Trinajstić information content (AvgIpc) is 2.73. The van der Waals surface area contributed by atoms with Crippen LogP contribution in [0.3, 0.4) is 0 Å². The zero-order valence-electron chi connectivity index (χ0n) is 17.0. The summed E-state index contributed by atoms with van der Waals surface area (Å²) in [6, 6.07) is 0.0885. The molecule has 14 nitrogen and oxygen atoms in total. The van der Waals surface area contributed by atoms with Gasteiger partial charge in [-0.2, -0.15) is 26.3 Å². The van der Waals surface area contributed by atoms with Crippen molar-refractivity contribution < 1.29 is 46.0 Å². The molecule has 0 bridgehead atoms. The Labute approximate surface area is 193 Å². The second kappa shape index (κ2) is 9.84. The smallest absolute Gasteiger partial charge is 0.372 e.